The van der Waals surface area contributed by atoms with E-state index in [1.807, 2.05) is 24.3 Å². The third-order valence-electron chi connectivity index (χ3n) is 2.35. The summed E-state index contributed by atoms with van der Waals surface area (Å²) in [5.74, 6) is -0.185. The van der Waals surface area contributed by atoms with Crippen LogP contribution in [0.3, 0.4) is 0 Å². The summed E-state index contributed by atoms with van der Waals surface area (Å²) in [5.41, 5.74) is 1.27. The highest BCUT2D eigenvalue weighted by atomic mass is 127. The minimum absolute atomic E-state index is 0.185. The molecule has 0 saturated carbocycles. The fourth-order valence-electron chi connectivity index (χ4n) is 1.45. The number of carbonyl (C=O) groups is 1. The Balaban J connectivity index is 2.28. The number of hydrogen-bond donors (Lipinski definition) is 1. The van der Waals surface area contributed by atoms with Crippen LogP contribution in [0.15, 0.2) is 45.3 Å². The zero-order valence-corrected chi connectivity index (χ0v) is 15.5. The fourth-order valence-corrected chi connectivity index (χ4v) is 3.35. The van der Waals surface area contributed by atoms with Gasteiger partial charge < -0.3 is 5.32 Å². The van der Waals surface area contributed by atoms with Crippen LogP contribution in [0.1, 0.15) is 10.4 Å². The molecule has 2 aromatic rings. The molecule has 19 heavy (non-hydrogen) atoms. The van der Waals surface area contributed by atoms with Crippen LogP contribution in [0.2, 0.25) is 5.02 Å². The Morgan fingerprint density at radius 1 is 1.16 bits per heavy atom. The standard InChI is InChI=1S/C13H7Br2ClINO/c14-7-1-4-12(10(15)5-7)18-13(19)9-6-8(16)2-3-11(9)17/h1-6H,(H,18,19). The van der Waals surface area contributed by atoms with Gasteiger partial charge in [0.25, 0.3) is 5.91 Å². The number of hydrogen-bond acceptors (Lipinski definition) is 1. The molecule has 0 saturated heterocycles. The molecule has 0 atom stereocenters. The second kappa shape index (κ2) is 6.56. The summed E-state index contributed by atoms with van der Waals surface area (Å²) >= 11 is 14.8. The first kappa shape index (κ1) is 15.3. The molecule has 0 aliphatic carbocycles. The van der Waals surface area contributed by atoms with Crippen LogP contribution >= 0.6 is 66.1 Å². The third-order valence-corrected chi connectivity index (χ3v) is 4.68. The van der Waals surface area contributed by atoms with Crippen molar-refractivity contribution in [1.29, 1.82) is 0 Å². The predicted molar refractivity (Wildman–Crippen MR) is 94.0 cm³/mol. The minimum Gasteiger partial charge on any atom is -0.321 e. The number of amides is 1. The molecule has 0 unspecified atom stereocenters. The van der Waals surface area contributed by atoms with Gasteiger partial charge in [-0.2, -0.15) is 0 Å². The van der Waals surface area contributed by atoms with E-state index in [1.165, 1.54) is 0 Å². The van der Waals surface area contributed by atoms with E-state index >= 15 is 0 Å². The first-order valence-electron chi connectivity index (χ1n) is 5.19. The average Bonchev–Trinajstić information content (AvgIpc) is 2.35. The summed E-state index contributed by atoms with van der Waals surface area (Å²) in [7, 11) is 0. The molecule has 0 radical (unpaired) electrons. The van der Waals surface area contributed by atoms with E-state index in [-0.39, 0.29) is 5.91 Å². The van der Waals surface area contributed by atoms with Gasteiger partial charge in [-0.1, -0.05) is 27.5 Å². The minimum atomic E-state index is -0.185. The normalized spacial score (nSPS) is 10.3. The molecule has 2 nitrogen and oxygen atoms in total. The molecule has 0 aromatic heterocycles. The van der Waals surface area contributed by atoms with Gasteiger partial charge >= 0.3 is 0 Å². The second-order valence-electron chi connectivity index (χ2n) is 3.70. The summed E-state index contributed by atoms with van der Waals surface area (Å²) < 4.78 is 2.61. The monoisotopic (exact) mass is 513 g/mol. The van der Waals surface area contributed by atoms with Crippen molar-refractivity contribution in [2.24, 2.45) is 0 Å². The summed E-state index contributed by atoms with van der Waals surface area (Å²) in [5, 5.41) is 3.39. The Kier molecular flexibility index (Phi) is 5.28. The SMILES string of the molecule is O=C(Nc1ccc(Br)cc1Br)c1cc(Cl)ccc1I. The van der Waals surface area contributed by atoms with Crippen LogP contribution in [0, 0.1) is 3.57 Å². The Morgan fingerprint density at radius 3 is 2.58 bits per heavy atom. The maximum absolute atomic E-state index is 12.2. The Hall–Kier alpha value is -0.110. The first-order chi connectivity index (χ1) is 8.97. The number of anilines is 1. The number of carbonyl (C=O) groups excluding carboxylic acids is 1. The Labute approximate surface area is 146 Å². The van der Waals surface area contributed by atoms with Crippen molar-refractivity contribution in [2.75, 3.05) is 5.32 Å². The lowest BCUT2D eigenvalue weighted by Crippen LogP contribution is -2.13. The lowest BCUT2D eigenvalue weighted by molar-refractivity contribution is 0.102. The average molecular weight is 515 g/mol. The fraction of sp³-hybridized carbons (Fsp3) is 0. The predicted octanol–water partition coefficient (Wildman–Crippen LogP) is 5.72. The summed E-state index contributed by atoms with van der Waals surface area (Å²) in [6.07, 6.45) is 0. The van der Waals surface area contributed by atoms with Crippen LogP contribution < -0.4 is 5.32 Å². The molecular weight excluding hydrogens is 508 g/mol. The van der Waals surface area contributed by atoms with Crippen molar-refractivity contribution in [3.63, 3.8) is 0 Å². The molecule has 0 spiro atoms. The quantitative estimate of drug-likeness (QED) is 0.510. The summed E-state index contributed by atoms with van der Waals surface area (Å²) in [6.45, 7) is 0. The van der Waals surface area contributed by atoms with E-state index in [0.717, 1.165) is 12.5 Å². The largest absolute Gasteiger partial charge is 0.321 e. The second-order valence-corrected chi connectivity index (χ2v) is 7.07. The van der Waals surface area contributed by atoms with Crippen molar-refractivity contribution < 1.29 is 4.79 Å². The maximum atomic E-state index is 12.2. The van der Waals surface area contributed by atoms with Crippen LogP contribution in [0.25, 0.3) is 0 Å². The Bertz CT molecular complexity index is 649. The molecule has 2 rings (SSSR count). The summed E-state index contributed by atoms with van der Waals surface area (Å²) in [6, 6.07) is 10.8. The van der Waals surface area contributed by atoms with E-state index in [9.17, 15) is 4.79 Å². The molecule has 98 valence electrons. The van der Waals surface area contributed by atoms with E-state index < -0.39 is 0 Å². The van der Waals surface area contributed by atoms with Gasteiger partial charge in [0.2, 0.25) is 0 Å². The molecule has 0 aliphatic heterocycles. The van der Waals surface area contributed by atoms with E-state index in [1.54, 1.807) is 12.1 Å². The van der Waals surface area contributed by atoms with Gasteiger partial charge in [0.05, 0.1) is 11.3 Å². The van der Waals surface area contributed by atoms with Gasteiger partial charge in [-0.3, -0.25) is 4.79 Å². The molecule has 0 fully saturated rings. The molecular formula is C13H7Br2ClINO. The smallest absolute Gasteiger partial charge is 0.256 e. The first-order valence-corrected chi connectivity index (χ1v) is 8.23. The van der Waals surface area contributed by atoms with Gasteiger partial charge in [0.15, 0.2) is 0 Å². The van der Waals surface area contributed by atoms with Crippen LogP contribution in [0.5, 0.6) is 0 Å². The molecule has 0 bridgehead atoms. The summed E-state index contributed by atoms with van der Waals surface area (Å²) in [4.78, 5) is 12.2. The number of benzene rings is 2. The zero-order chi connectivity index (χ0) is 14.0. The molecule has 2 aromatic carbocycles. The van der Waals surface area contributed by atoms with E-state index in [0.29, 0.717) is 16.3 Å². The molecule has 6 heteroatoms. The molecule has 1 amide bonds. The van der Waals surface area contributed by atoms with Gasteiger partial charge in [-0.05, 0) is 74.9 Å². The topological polar surface area (TPSA) is 29.1 Å². The van der Waals surface area contributed by atoms with Gasteiger partial charge in [0, 0.05) is 17.5 Å². The van der Waals surface area contributed by atoms with Crippen LogP contribution in [-0.4, -0.2) is 5.91 Å². The van der Waals surface area contributed by atoms with E-state index in [2.05, 4.69) is 59.8 Å². The highest BCUT2D eigenvalue weighted by Crippen LogP contribution is 2.27. The number of nitrogens with one attached hydrogen (secondary N) is 1. The van der Waals surface area contributed by atoms with Crippen molar-refractivity contribution >= 4 is 77.6 Å². The number of halogens is 4. The third kappa shape index (κ3) is 3.93. The van der Waals surface area contributed by atoms with Gasteiger partial charge in [0.1, 0.15) is 0 Å². The van der Waals surface area contributed by atoms with E-state index in [4.69, 9.17) is 11.6 Å². The maximum Gasteiger partial charge on any atom is 0.256 e. The lowest BCUT2D eigenvalue weighted by Gasteiger charge is -2.09. The van der Waals surface area contributed by atoms with Crippen molar-refractivity contribution in [3.05, 3.63) is 59.5 Å². The molecule has 1 N–H and O–H groups in total. The molecule has 0 aliphatic rings. The van der Waals surface area contributed by atoms with Gasteiger partial charge in [-0.25, -0.2) is 0 Å². The zero-order valence-electron chi connectivity index (χ0n) is 9.38. The highest BCUT2D eigenvalue weighted by molar-refractivity contribution is 14.1. The van der Waals surface area contributed by atoms with Crippen LogP contribution in [0.4, 0.5) is 5.69 Å². The van der Waals surface area contributed by atoms with Gasteiger partial charge in [-0.15, -0.1) is 0 Å². The molecule has 0 heterocycles. The Morgan fingerprint density at radius 2 is 1.89 bits per heavy atom. The highest BCUT2D eigenvalue weighted by Gasteiger charge is 2.12. The van der Waals surface area contributed by atoms with Crippen molar-refractivity contribution in [3.8, 4) is 0 Å². The lowest BCUT2D eigenvalue weighted by atomic mass is 10.2. The van der Waals surface area contributed by atoms with Crippen molar-refractivity contribution in [2.45, 2.75) is 0 Å². The number of rotatable bonds is 2. The van der Waals surface area contributed by atoms with Crippen LogP contribution in [-0.2, 0) is 0 Å². The van der Waals surface area contributed by atoms with Crippen molar-refractivity contribution in [1.82, 2.24) is 0 Å².